The number of likely N-dealkylation sites (N-methyl/N-ethyl adjacent to an activating group) is 1. The van der Waals surface area contributed by atoms with E-state index in [-0.39, 0.29) is 6.04 Å². The van der Waals surface area contributed by atoms with Crippen molar-refractivity contribution in [2.75, 3.05) is 25.6 Å². The van der Waals surface area contributed by atoms with Crippen LogP contribution in [-0.4, -0.2) is 36.5 Å². The van der Waals surface area contributed by atoms with Gasteiger partial charge in [-0.1, -0.05) is 18.2 Å². The van der Waals surface area contributed by atoms with Crippen molar-refractivity contribution in [2.24, 2.45) is 5.73 Å². The van der Waals surface area contributed by atoms with Crippen molar-refractivity contribution < 1.29 is 4.42 Å². The molecule has 0 bridgehead atoms. The molecule has 3 nitrogen and oxygen atoms in total. The Morgan fingerprint density at radius 2 is 2.05 bits per heavy atom. The number of benzene rings is 1. The highest BCUT2D eigenvalue weighted by atomic mass is 32.2. The van der Waals surface area contributed by atoms with E-state index in [1.54, 1.807) is 0 Å². The second-order valence-electron chi connectivity index (χ2n) is 5.29. The lowest BCUT2D eigenvalue weighted by atomic mass is 10.0. The van der Waals surface area contributed by atoms with Gasteiger partial charge in [-0.2, -0.15) is 11.8 Å². The molecule has 0 aliphatic rings. The Morgan fingerprint density at radius 1 is 1.35 bits per heavy atom. The SMILES string of the molecule is CSCC(C)N(C)C(CN)c1c(C)oc2ccccc12. The number of hydrogen-bond donors (Lipinski definition) is 1. The van der Waals surface area contributed by atoms with Crippen molar-refractivity contribution >= 4 is 22.7 Å². The first-order valence-corrected chi connectivity index (χ1v) is 8.38. The molecule has 0 fully saturated rings. The number of fused-ring (bicyclic) bond motifs is 1. The highest BCUT2D eigenvalue weighted by Crippen LogP contribution is 2.33. The molecule has 1 heterocycles. The third-order valence-corrected chi connectivity index (χ3v) is 4.79. The summed E-state index contributed by atoms with van der Waals surface area (Å²) in [6.07, 6.45) is 2.14. The molecule has 2 aromatic rings. The van der Waals surface area contributed by atoms with E-state index >= 15 is 0 Å². The van der Waals surface area contributed by atoms with Gasteiger partial charge in [0.25, 0.3) is 0 Å². The summed E-state index contributed by atoms with van der Waals surface area (Å²) in [5, 5.41) is 1.18. The molecule has 2 rings (SSSR count). The third kappa shape index (κ3) is 2.87. The van der Waals surface area contributed by atoms with E-state index in [2.05, 4.69) is 37.3 Å². The van der Waals surface area contributed by atoms with Crippen molar-refractivity contribution in [3.05, 3.63) is 35.6 Å². The molecule has 20 heavy (non-hydrogen) atoms. The van der Waals surface area contributed by atoms with Crippen LogP contribution < -0.4 is 5.73 Å². The molecule has 0 radical (unpaired) electrons. The van der Waals surface area contributed by atoms with E-state index in [4.69, 9.17) is 10.2 Å². The van der Waals surface area contributed by atoms with E-state index in [1.807, 2.05) is 30.8 Å². The summed E-state index contributed by atoms with van der Waals surface area (Å²) in [5.41, 5.74) is 8.25. The molecule has 1 aromatic carbocycles. The smallest absolute Gasteiger partial charge is 0.134 e. The molecule has 4 heteroatoms. The molecule has 2 N–H and O–H groups in total. The van der Waals surface area contributed by atoms with Gasteiger partial charge in [-0.3, -0.25) is 4.90 Å². The van der Waals surface area contributed by atoms with Crippen LogP contribution in [0.15, 0.2) is 28.7 Å². The van der Waals surface area contributed by atoms with Gasteiger partial charge < -0.3 is 10.2 Å². The van der Waals surface area contributed by atoms with Gasteiger partial charge in [0.15, 0.2) is 0 Å². The molecule has 0 saturated heterocycles. The zero-order valence-electron chi connectivity index (χ0n) is 12.7. The monoisotopic (exact) mass is 292 g/mol. The Kier molecular flexibility index (Phi) is 5.13. The molecule has 2 atom stereocenters. The number of thioether (sulfide) groups is 1. The average Bonchev–Trinajstić information content (AvgIpc) is 2.77. The zero-order valence-corrected chi connectivity index (χ0v) is 13.5. The summed E-state index contributed by atoms with van der Waals surface area (Å²) in [6.45, 7) is 4.88. The number of rotatable bonds is 6. The molecule has 2 unspecified atom stereocenters. The first kappa shape index (κ1) is 15.4. The quantitative estimate of drug-likeness (QED) is 0.886. The van der Waals surface area contributed by atoms with E-state index in [9.17, 15) is 0 Å². The molecule has 0 aliphatic heterocycles. The zero-order chi connectivity index (χ0) is 14.7. The lowest BCUT2D eigenvalue weighted by molar-refractivity contribution is 0.203. The molecule has 0 saturated carbocycles. The van der Waals surface area contributed by atoms with Crippen LogP contribution in [0.2, 0.25) is 0 Å². The Balaban J connectivity index is 2.41. The van der Waals surface area contributed by atoms with Crippen LogP contribution >= 0.6 is 11.8 Å². The van der Waals surface area contributed by atoms with Crippen LogP contribution in [0, 0.1) is 6.92 Å². The first-order chi connectivity index (χ1) is 9.60. The molecule has 0 amide bonds. The van der Waals surface area contributed by atoms with Crippen LogP contribution in [0.3, 0.4) is 0 Å². The van der Waals surface area contributed by atoms with Crippen molar-refractivity contribution in [3.63, 3.8) is 0 Å². The fourth-order valence-electron chi connectivity index (χ4n) is 2.76. The Morgan fingerprint density at radius 3 is 2.70 bits per heavy atom. The topological polar surface area (TPSA) is 42.4 Å². The average molecular weight is 292 g/mol. The van der Waals surface area contributed by atoms with Crippen LogP contribution in [0.1, 0.15) is 24.3 Å². The van der Waals surface area contributed by atoms with Gasteiger partial charge in [0.1, 0.15) is 11.3 Å². The van der Waals surface area contributed by atoms with Gasteiger partial charge in [-0.05, 0) is 33.2 Å². The molecular weight excluding hydrogens is 268 g/mol. The van der Waals surface area contributed by atoms with Gasteiger partial charge in [0, 0.05) is 29.3 Å². The maximum atomic E-state index is 6.07. The predicted octanol–water partition coefficient (Wildman–Crippen LogP) is 3.42. The summed E-state index contributed by atoms with van der Waals surface area (Å²) < 4.78 is 5.88. The summed E-state index contributed by atoms with van der Waals surface area (Å²) in [6, 6.07) is 8.88. The standard InChI is InChI=1S/C16H24N2OS/c1-11(10-20-4)18(3)14(9-17)16-12(2)19-15-8-6-5-7-13(15)16/h5-8,11,14H,9-10,17H2,1-4H3. The fraction of sp³-hybridized carbons (Fsp3) is 0.500. The number of furan rings is 1. The second kappa shape index (κ2) is 6.66. The Labute approximate surface area is 125 Å². The summed E-state index contributed by atoms with van der Waals surface area (Å²) in [7, 11) is 2.15. The predicted molar refractivity (Wildman–Crippen MR) is 88.4 cm³/mol. The Hall–Kier alpha value is -0.970. The lowest BCUT2D eigenvalue weighted by Crippen LogP contribution is -2.38. The number of aryl methyl sites for hydroxylation is 1. The number of para-hydroxylation sites is 1. The van der Waals surface area contributed by atoms with Crippen molar-refractivity contribution in [1.82, 2.24) is 4.90 Å². The minimum Gasteiger partial charge on any atom is -0.461 e. The number of nitrogens with two attached hydrogens (primary N) is 1. The maximum absolute atomic E-state index is 6.07. The largest absolute Gasteiger partial charge is 0.461 e. The van der Waals surface area contributed by atoms with E-state index in [0.29, 0.717) is 12.6 Å². The summed E-state index contributed by atoms with van der Waals surface area (Å²) in [4.78, 5) is 2.36. The van der Waals surface area contributed by atoms with Gasteiger partial charge in [-0.15, -0.1) is 0 Å². The molecule has 110 valence electrons. The van der Waals surface area contributed by atoms with Crippen LogP contribution in [-0.2, 0) is 0 Å². The first-order valence-electron chi connectivity index (χ1n) is 6.99. The minimum absolute atomic E-state index is 0.195. The van der Waals surface area contributed by atoms with E-state index < -0.39 is 0 Å². The molecule has 1 aromatic heterocycles. The van der Waals surface area contributed by atoms with Crippen LogP contribution in [0.5, 0.6) is 0 Å². The highest BCUT2D eigenvalue weighted by Gasteiger charge is 2.25. The van der Waals surface area contributed by atoms with Crippen molar-refractivity contribution in [3.8, 4) is 0 Å². The van der Waals surface area contributed by atoms with Crippen molar-refractivity contribution in [1.29, 1.82) is 0 Å². The Bertz CT molecular complexity index is 567. The maximum Gasteiger partial charge on any atom is 0.134 e. The van der Waals surface area contributed by atoms with Gasteiger partial charge in [-0.25, -0.2) is 0 Å². The number of hydrogen-bond acceptors (Lipinski definition) is 4. The lowest BCUT2D eigenvalue weighted by Gasteiger charge is -2.32. The summed E-state index contributed by atoms with van der Waals surface area (Å²) in [5.74, 6) is 2.08. The van der Waals surface area contributed by atoms with Crippen molar-refractivity contribution in [2.45, 2.75) is 25.9 Å². The fourth-order valence-corrected chi connectivity index (χ4v) is 3.47. The van der Waals surface area contributed by atoms with E-state index in [0.717, 1.165) is 17.1 Å². The van der Waals surface area contributed by atoms with Crippen LogP contribution in [0.4, 0.5) is 0 Å². The van der Waals surface area contributed by atoms with Gasteiger partial charge >= 0.3 is 0 Å². The summed E-state index contributed by atoms with van der Waals surface area (Å²) >= 11 is 1.87. The molecular formula is C16H24N2OS. The molecule has 0 aliphatic carbocycles. The molecule has 0 spiro atoms. The van der Waals surface area contributed by atoms with Gasteiger partial charge in [0.2, 0.25) is 0 Å². The second-order valence-corrected chi connectivity index (χ2v) is 6.20. The minimum atomic E-state index is 0.195. The highest BCUT2D eigenvalue weighted by molar-refractivity contribution is 7.98. The van der Waals surface area contributed by atoms with Gasteiger partial charge in [0.05, 0.1) is 6.04 Å². The van der Waals surface area contributed by atoms with Crippen LogP contribution in [0.25, 0.3) is 11.0 Å². The normalized spacial score (nSPS) is 14.9. The number of nitrogens with zero attached hydrogens (tertiary/aromatic N) is 1. The van der Waals surface area contributed by atoms with E-state index in [1.165, 1.54) is 10.9 Å². The third-order valence-electron chi connectivity index (χ3n) is 3.97.